The van der Waals surface area contributed by atoms with Gasteiger partial charge in [0.1, 0.15) is 0 Å². The number of esters is 1. The van der Waals surface area contributed by atoms with E-state index >= 15 is 0 Å². The fourth-order valence-corrected chi connectivity index (χ4v) is 2.15. The standard InChI is InChI=1S/C14H20N2O3/c1-18-14(17)10-13(15)11-3-2-4-12(9-11)16-5-7-19-8-6-16/h2-4,9,13H,5-8,10,15H2,1H3/t13-/m0/s1. The maximum Gasteiger partial charge on any atom is 0.307 e. The van der Waals surface area contributed by atoms with Gasteiger partial charge in [0, 0.05) is 24.8 Å². The van der Waals surface area contributed by atoms with Crippen LogP contribution in [-0.4, -0.2) is 39.4 Å². The van der Waals surface area contributed by atoms with Crippen LogP contribution in [0.25, 0.3) is 0 Å². The van der Waals surface area contributed by atoms with E-state index in [4.69, 9.17) is 10.5 Å². The minimum atomic E-state index is -0.326. The van der Waals surface area contributed by atoms with Crippen LogP contribution in [0.5, 0.6) is 0 Å². The average molecular weight is 264 g/mol. The topological polar surface area (TPSA) is 64.8 Å². The van der Waals surface area contributed by atoms with Crippen molar-refractivity contribution in [2.24, 2.45) is 5.73 Å². The minimum absolute atomic E-state index is 0.197. The molecule has 1 atom stereocenters. The summed E-state index contributed by atoms with van der Waals surface area (Å²) < 4.78 is 9.98. The lowest BCUT2D eigenvalue weighted by Gasteiger charge is -2.29. The van der Waals surface area contributed by atoms with Gasteiger partial charge in [-0.3, -0.25) is 4.79 Å². The molecule has 1 saturated heterocycles. The van der Waals surface area contributed by atoms with E-state index in [1.165, 1.54) is 7.11 Å². The van der Waals surface area contributed by atoms with Gasteiger partial charge in [0.2, 0.25) is 0 Å². The molecule has 1 aromatic rings. The highest BCUT2D eigenvalue weighted by Gasteiger charge is 2.15. The Balaban J connectivity index is 2.07. The molecule has 0 spiro atoms. The maximum atomic E-state index is 11.3. The molecule has 1 aliphatic rings. The third-order valence-corrected chi connectivity index (χ3v) is 3.29. The molecule has 1 fully saturated rings. The smallest absolute Gasteiger partial charge is 0.307 e. The van der Waals surface area contributed by atoms with Gasteiger partial charge in [0.05, 0.1) is 26.7 Å². The molecular formula is C14H20N2O3. The van der Waals surface area contributed by atoms with E-state index in [0.29, 0.717) is 0 Å². The summed E-state index contributed by atoms with van der Waals surface area (Å²) in [5.41, 5.74) is 8.11. The second-order valence-electron chi connectivity index (χ2n) is 4.58. The summed E-state index contributed by atoms with van der Waals surface area (Å²) in [6.07, 6.45) is 0.197. The van der Waals surface area contributed by atoms with Crippen LogP contribution in [0.4, 0.5) is 5.69 Å². The van der Waals surface area contributed by atoms with Crippen molar-refractivity contribution in [3.8, 4) is 0 Å². The predicted octanol–water partition coefficient (Wildman–Crippen LogP) is 1.09. The number of ether oxygens (including phenoxy) is 2. The van der Waals surface area contributed by atoms with E-state index in [-0.39, 0.29) is 18.4 Å². The first-order valence-corrected chi connectivity index (χ1v) is 6.46. The largest absolute Gasteiger partial charge is 0.469 e. The van der Waals surface area contributed by atoms with E-state index in [9.17, 15) is 4.79 Å². The lowest BCUT2D eigenvalue weighted by molar-refractivity contribution is -0.141. The molecular weight excluding hydrogens is 244 g/mol. The number of hydrogen-bond acceptors (Lipinski definition) is 5. The number of carbonyl (C=O) groups excluding carboxylic acids is 1. The zero-order chi connectivity index (χ0) is 13.7. The van der Waals surface area contributed by atoms with E-state index in [2.05, 4.69) is 15.7 Å². The average Bonchev–Trinajstić information content (AvgIpc) is 2.48. The van der Waals surface area contributed by atoms with Crippen LogP contribution < -0.4 is 10.6 Å². The number of nitrogens with two attached hydrogens (primary N) is 1. The highest BCUT2D eigenvalue weighted by atomic mass is 16.5. The van der Waals surface area contributed by atoms with Crippen LogP contribution in [-0.2, 0) is 14.3 Å². The van der Waals surface area contributed by atoms with Crippen LogP contribution >= 0.6 is 0 Å². The Morgan fingerprint density at radius 1 is 1.47 bits per heavy atom. The molecule has 2 rings (SSSR count). The molecule has 1 aromatic carbocycles. The van der Waals surface area contributed by atoms with Crippen molar-refractivity contribution in [3.05, 3.63) is 29.8 Å². The fourth-order valence-electron chi connectivity index (χ4n) is 2.15. The van der Waals surface area contributed by atoms with Crippen molar-refractivity contribution < 1.29 is 14.3 Å². The van der Waals surface area contributed by atoms with Gasteiger partial charge in [-0.25, -0.2) is 0 Å². The summed E-state index contributed by atoms with van der Waals surface area (Å²) in [5, 5.41) is 0. The lowest BCUT2D eigenvalue weighted by atomic mass is 10.0. The van der Waals surface area contributed by atoms with E-state index < -0.39 is 0 Å². The molecule has 19 heavy (non-hydrogen) atoms. The van der Waals surface area contributed by atoms with E-state index in [1.807, 2.05) is 18.2 Å². The van der Waals surface area contributed by atoms with Gasteiger partial charge in [-0.05, 0) is 17.7 Å². The summed E-state index contributed by atoms with van der Waals surface area (Å²) in [6.45, 7) is 3.27. The first-order chi connectivity index (χ1) is 9.20. The van der Waals surface area contributed by atoms with Crippen molar-refractivity contribution in [3.63, 3.8) is 0 Å². The summed E-state index contributed by atoms with van der Waals surface area (Å²) in [6, 6.07) is 7.68. The van der Waals surface area contributed by atoms with Crippen LogP contribution in [0.1, 0.15) is 18.0 Å². The number of methoxy groups -OCH3 is 1. The van der Waals surface area contributed by atoms with Crippen molar-refractivity contribution in [2.45, 2.75) is 12.5 Å². The number of morpholine rings is 1. The molecule has 2 N–H and O–H groups in total. The number of rotatable bonds is 4. The molecule has 0 bridgehead atoms. The van der Waals surface area contributed by atoms with Gasteiger partial charge in [0.15, 0.2) is 0 Å². The first-order valence-electron chi connectivity index (χ1n) is 6.46. The molecule has 0 unspecified atom stereocenters. The normalized spacial score (nSPS) is 17.1. The van der Waals surface area contributed by atoms with Gasteiger partial charge in [-0.2, -0.15) is 0 Å². The molecule has 0 radical (unpaired) electrons. The second kappa shape index (κ2) is 6.54. The summed E-state index contributed by atoms with van der Waals surface area (Å²) in [4.78, 5) is 13.5. The van der Waals surface area contributed by atoms with Crippen molar-refractivity contribution in [2.75, 3.05) is 38.3 Å². The summed E-state index contributed by atoms with van der Waals surface area (Å²) >= 11 is 0. The molecule has 104 valence electrons. The molecule has 0 aromatic heterocycles. The Labute approximate surface area is 113 Å². The Morgan fingerprint density at radius 2 is 2.21 bits per heavy atom. The molecule has 0 saturated carbocycles. The zero-order valence-electron chi connectivity index (χ0n) is 11.2. The Hall–Kier alpha value is -1.59. The zero-order valence-corrected chi connectivity index (χ0v) is 11.2. The fraction of sp³-hybridized carbons (Fsp3) is 0.500. The van der Waals surface area contributed by atoms with Crippen molar-refractivity contribution >= 4 is 11.7 Å². The third-order valence-electron chi connectivity index (χ3n) is 3.29. The van der Waals surface area contributed by atoms with Crippen LogP contribution in [0.2, 0.25) is 0 Å². The van der Waals surface area contributed by atoms with E-state index in [0.717, 1.165) is 37.6 Å². The van der Waals surface area contributed by atoms with Crippen molar-refractivity contribution in [1.82, 2.24) is 0 Å². The third kappa shape index (κ3) is 3.68. The first kappa shape index (κ1) is 13.8. The molecule has 1 heterocycles. The molecule has 5 heteroatoms. The van der Waals surface area contributed by atoms with Gasteiger partial charge < -0.3 is 20.1 Å². The number of hydrogen-bond donors (Lipinski definition) is 1. The number of anilines is 1. The van der Waals surface area contributed by atoms with Gasteiger partial charge in [-0.15, -0.1) is 0 Å². The molecule has 0 aliphatic carbocycles. The van der Waals surface area contributed by atoms with Crippen LogP contribution in [0.3, 0.4) is 0 Å². The van der Waals surface area contributed by atoms with Crippen LogP contribution in [0.15, 0.2) is 24.3 Å². The van der Waals surface area contributed by atoms with E-state index in [1.54, 1.807) is 0 Å². The van der Waals surface area contributed by atoms with Crippen LogP contribution in [0, 0.1) is 0 Å². The lowest BCUT2D eigenvalue weighted by Crippen LogP contribution is -2.36. The summed E-state index contributed by atoms with van der Waals surface area (Å²) in [5.74, 6) is -0.288. The minimum Gasteiger partial charge on any atom is -0.469 e. The molecule has 0 amide bonds. The maximum absolute atomic E-state index is 11.3. The predicted molar refractivity (Wildman–Crippen MR) is 73.0 cm³/mol. The van der Waals surface area contributed by atoms with Crippen molar-refractivity contribution in [1.29, 1.82) is 0 Å². The van der Waals surface area contributed by atoms with Gasteiger partial charge in [0.25, 0.3) is 0 Å². The molecule has 1 aliphatic heterocycles. The second-order valence-corrected chi connectivity index (χ2v) is 4.58. The Kier molecular flexibility index (Phi) is 4.76. The number of carbonyl (C=O) groups is 1. The quantitative estimate of drug-likeness (QED) is 0.825. The van der Waals surface area contributed by atoms with Gasteiger partial charge in [-0.1, -0.05) is 12.1 Å². The Morgan fingerprint density at radius 3 is 2.89 bits per heavy atom. The number of nitrogens with zero attached hydrogens (tertiary/aromatic N) is 1. The highest BCUT2D eigenvalue weighted by Crippen LogP contribution is 2.22. The van der Waals surface area contributed by atoms with Gasteiger partial charge >= 0.3 is 5.97 Å². The molecule has 5 nitrogen and oxygen atoms in total. The highest BCUT2D eigenvalue weighted by molar-refractivity contribution is 5.70. The SMILES string of the molecule is COC(=O)C[C@H](N)c1cccc(N2CCOCC2)c1. The number of benzene rings is 1. The Bertz CT molecular complexity index is 430. The monoisotopic (exact) mass is 264 g/mol. The summed E-state index contributed by atoms with van der Waals surface area (Å²) in [7, 11) is 1.37.